The van der Waals surface area contributed by atoms with E-state index >= 15 is 0 Å². The molecule has 0 bridgehead atoms. The van der Waals surface area contributed by atoms with Gasteiger partial charge >= 0.3 is 0 Å². The third-order valence-electron chi connectivity index (χ3n) is 2.97. The average Bonchev–Trinajstić information content (AvgIpc) is 2.61. The fourth-order valence-electron chi connectivity index (χ4n) is 2.22. The highest BCUT2D eigenvalue weighted by atomic mass is 32.2. The van der Waals surface area contributed by atoms with Gasteiger partial charge in [-0.25, -0.2) is 8.42 Å². The molecule has 0 spiro atoms. The Labute approximate surface area is 98.8 Å². The van der Waals surface area contributed by atoms with Gasteiger partial charge in [-0.15, -0.1) is 0 Å². The molecule has 0 aromatic heterocycles. The molecule has 1 saturated heterocycles. The van der Waals surface area contributed by atoms with Crippen molar-refractivity contribution in [3.63, 3.8) is 0 Å². The van der Waals surface area contributed by atoms with Gasteiger partial charge in [-0.1, -0.05) is 12.2 Å². The number of ether oxygens (including phenoxy) is 1. The summed E-state index contributed by atoms with van der Waals surface area (Å²) in [6.07, 6.45) is 10.2. The first-order valence-corrected chi connectivity index (χ1v) is 7.99. The molecule has 94 valence electrons. The second-order valence-electron chi connectivity index (χ2n) is 4.60. The Morgan fingerprint density at radius 3 is 2.62 bits per heavy atom. The van der Waals surface area contributed by atoms with E-state index in [1.807, 2.05) is 13.0 Å². The molecule has 1 aliphatic rings. The van der Waals surface area contributed by atoms with Crippen molar-refractivity contribution in [1.82, 2.24) is 0 Å². The lowest BCUT2D eigenvalue weighted by atomic mass is 9.93. The fraction of sp³-hybridized carbons (Fsp3) is 0.833. The van der Waals surface area contributed by atoms with Crippen LogP contribution in [-0.4, -0.2) is 32.6 Å². The molecule has 0 N–H and O–H groups in total. The molecule has 0 aromatic carbocycles. The molecule has 4 heteroatoms. The number of sulfone groups is 1. The van der Waals surface area contributed by atoms with Gasteiger partial charge < -0.3 is 4.74 Å². The maximum Gasteiger partial charge on any atom is 0.147 e. The van der Waals surface area contributed by atoms with E-state index in [0.29, 0.717) is 5.75 Å². The molecular weight excluding hydrogens is 224 g/mol. The van der Waals surface area contributed by atoms with Crippen LogP contribution in [0.15, 0.2) is 12.2 Å². The maximum atomic E-state index is 11.0. The Balaban J connectivity index is 2.34. The number of hydrogen-bond donors (Lipinski definition) is 0. The van der Waals surface area contributed by atoms with E-state index in [1.54, 1.807) is 0 Å². The predicted octanol–water partition coefficient (Wildman–Crippen LogP) is 2.33. The van der Waals surface area contributed by atoms with Gasteiger partial charge in [-0.05, 0) is 39.0 Å². The van der Waals surface area contributed by atoms with Crippen molar-refractivity contribution in [3.05, 3.63) is 12.2 Å². The Morgan fingerprint density at radius 1 is 1.38 bits per heavy atom. The summed E-state index contributed by atoms with van der Waals surface area (Å²) >= 11 is 0. The van der Waals surface area contributed by atoms with Gasteiger partial charge in [0.1, 0.15) is 9.84 Å². The summed E-state index contributed by atoms with van der Waals surface area (Å²) in [5.41, 5.74) is -0.105. The second kappa shape index (κ2) is 5.82. The van der Waals surface area contributed by atoms with Crippen molar-refractivity contribution in [3.8, 4) is 0 Å². The molecule has 1 aliphatic heterocycles. The zero-order valence-electron chi connectivity index (χ0n) is 10.2. The monoisotopic (exact) mass is 246 g/mol. The average molecular weight is 246 g/mol. The highest BCUT2D eigenvalue weighted by molar-refractivity contribution is 7.90. The molecule has 0 radical (unpaired) electrons. The van der Waals surface area contributed by atoms with Crippen molar-refractivity contribution in [2.24, 2.45) is 0 Å². The van der Waals surface area contributed by atoms with E-state index < -0.39 is 9.84 Å². The highest BCUT2D eigenvalue weighted by Gasteiger charge is 2.31. The number of allylic oxidation sites excluding steroid dienone is 1. The minimum absolute atomic E-state index is 0.105. The third kappa shape index (κ3) is 4.66. The normalized spacial score (nSPS) is 26.6. The van der Waals surface area contributed by atoms with E-state index in [-0.39, 0.29) is 5.60 Å². The Bertz CT molecular complexity index is 324. The third-order valence-corrected chi connectivity index (χ3v) is 4.00. The lowest BCUT2D eigenvalue weighted by molar-refractivity contribution is 0.0365. The molecule has 1 heterocycles. The SMILES string of the molecule is CC=CC1(CCCCS(C)(=O)=O)CCCO1. The van der Waals surface area contributed by atoms with Crippen molar-refractivity contribution >= 4 is 9.84 Å². The van der Waals surface area contributed by atoms with Crippen molar-refractivity contribution in [1.29, 1.82) is 0 Å². The van der Waals surface area contributed by atoms with Crippen LogP contribution in [0.2, 0.25) is 0 Å². The van der Waals surface area contributed by atoms with Crippen LogP contribution in [0.5, 0.6) is 0 Å². The van der Waals surface area contributed by atoms with E-state index in [0.717, 1.165) is 38.7 Å². The summed E-state index contributed by atoms with van der Waals surface area (Å²) in [7, 11) is -2.81. The number of unbranched alkanes of at least 4 members (excludes halogenated alkanes) is 1. The highest BCUT2D eigenvalue weighted by Crippen LogP contribution is 2.32. The number of hydrogen-bond acceptors (Lipinski definition) is 3. The topological polar surface area (TPSA) is 43.4 Å². The van der Waals surface area contributed by atoms with Gasteiger partial charge in [0.05, 0.1) is 5.60 Å². The van der Waals surface area contributed by atoms with Gasteiger partial charge in [0.15, 0.2) is 0 Å². The Hall–Kier alpha value is -0.350. The molecule has 0 amide bonds. The molecule has 3 nitrogen and oxygen atoms in total. The van der Waals surface area contributed by atoms with E-state index in [9.17, 15) is 8.42 Å². The molecule has 1 rings (SSSR count). The van der Waals surface area contributed by atoms with Crippen molar-refractivity contribution in [2.45, 2.75) is 44.6 Å². The van der Waals surface area contributed by atoms with Gasteiger partial charge in [0, 0.05) is 18.6 Å². The molecule has 1 atom stereocenters. The fourth-order valence-corrected chi connectivity index (χ4v) is 2.95. The van der Waals surface area contributed by atoms with Gasteiger partial charge in [-0.3, -0.25) is 0 Å². The molecular formula is C12H22O3S. The minimum atomic E-state index is -2.81. The zero-order valence-corrected chi connectivity index (χ0v) is 11.1. The maximum absolute atomic E-state index is 11.0. The molecule has 1 fully saturated rings. The summed E-state index contributed by atoms with van der Waals surface area (Å²) in [6.45, 7) is 2.83. The molecule has 0 aliphatic carbocycles. The van der Waals surface area contributed by atoms with Crippen LogP contribution >= 0.6 is 0 Å². The lowest BCUT2D eigenvalue weighted by Crippen LogP contribution is -2.24. The van der Waals surface area contributed by atoms with Crippen LogP contribution in [0.1, 0.15) is 39.0 Å². The van der Waals surface area contributed by atoms with Crippen molar-refractivity contribution in [2.75, 3.05) is 18.6 Å². The quantitative estimate of drug-likeness (QED) is 0.533. The summed E-state index contributed by atoms with van der Waals surface area (Å²) in [6, 6.07) is 0. The van der Waals surface area contributed by atoms with Crippen LogP contribution in [0.3, 0.4) is 0 Å². The Morgan fingerprint density at radius 2 is 2.12 bits per heavy atom. The first-order valence-electron chi connectivity index (χ1n) is 5.93. The molecule has 16 heavy (non-hydrogen) atoms. The Kier molecular flexibility index (Phi) is 4.99. The second-order valence-corrected chi connectivity index (χ2v) is 6.86. The van der Waals surface area contributed by atoms with E-state index in [1.165, 1.54) is 6.26 Å². The lowest BCUT2D eigenvalue weighted by Gasteiger charge is -2.24. The van der Waals surface area contributed by atoms with Crippen molar-refractivity contribution < 1.29 is 13.2 Å². The first kappa shape index (κ1) is 13.7. The first-order chi connectivity index (χ1) is 7.47. The zero-order chi connectivity index (χ0) is 12.1. The number of rotatable bonds is 6. The van der Waals surface area contributed by atoms with Crippen LogP contribution in [0.25, 0.3) is 0 Å². The molecule has 0 saturated carbocycles. The smallest absolute Gasteiger partial charge is 0.147 e. The van der Waals surface area contributed by atoms with Crippen LogP contribution in [-0.2, 0) is 14.6 Å². The molecule has 1 unspecified atom stereocenters. The molecule has 0 aromatic rings. The summed E-state index contributed by atoms with van der Waals surface area (Å²) in [5.74, 6) is 0.291. The van der Waals surface area contributed by atoms with Gasteiger partial charge in [0.2, 0.25) is 0 Å². The van der Waals surface area contributed by atoms with Crippen LogP contribution in [0, 0.1) is 0 Å². The summed E-state index contributed by atoms with van der Waals surface area (Å²) < 4.78 is 27.8. The minimum Gasteiger partial charge on any atom is -0.371 e. The largest absolute Gasteiger partial charge is 0.371 e. The van der Waals surface area contributed by atoms with Crippen LogP contribution in [0.4, 0.5) is 0 Å². The summed E-state index contributed by atoms with van der Waals surface area (Å²) in [4.78, 5) is 0. The van der Waals surface area contributed by atoms with Gasteiger partial charge in [-0.2, -0.15) is 0 Å². The van der Waals surface area contributed by atoms with Gasteiger partial charge in [0.25, 0.3) is 0 Å². The van der Waals surface area contributed by atoms with Crippen LogP contribution < -0.4 is 0 Å². The summed E-state index contributed by atoms with van der Waals surface area (Å²) in [5, 5.41) is 0. The predicted molar refractivity (Wildman–Crippen MR) is 66.3 cm³/mol. The van der Waals surface area contributed by atoms with E-state index in [4.69, 9.17) is 4.74 Å². The van der Waals surface area contributed by atoms with E-state index in [2.05, 4.69) is 6.08 Å². The standard InChI is InChI=1S/C12H22O3S/c1-3-7-12(9-6-10-15-12)8-4-5-11-16(2,13)14/h3,7H,4-6,8-11H2,1-2H3.